The van der Waals surface area contributed by atoms with Crippen molar-refractivity contribution < 1.29 is 74.6 Å². The largest absolute Gasteiger partial charge is 2.00 e. The van der Waals surface area contributed by atoms with Crippen molar-refractivity contribution in [2.24, 2.45) is 0 Å². The predicted molar refractivity (Wildman–Crippen MR) is 239 cm³/mol. The van der Waals surface area contributed by atoms with Crippen LogP contribution in [0, 0.1) is 13.8 Å². The fourth-order valence-electron chi connectivity index (χ4n) is 4.55. The third-order valence-corrected chi connectivity index (χ3v) is 7.60. The van der Waals surface area contributed by atoms with Crippen molar-refractivity contribution >= 4 is 15.6 Å². The predicted octanol–water partition coefficient (Wildman–Crippen LogP) is 17.4. The summed E-state index contributed by atoms with van der Waals surface area (Å²) < 4.78 is 123. The van der Waals surface area contributed by atoms with E-state index in [2.05, 4.69) is 95.7 Å². The van der Waals surface area contributed by atoms with Crippen LogP contribution in [0.25, 0.3) is 34.2 Å². The number of hydrogen-bond acceptors (Lipinski definition) is 7. The van der Waals surface area contributed by atoms with E-state index in [9.17, 15) is 50.4 Å². The number of rotatable bonds is 5. The SMILES string of the molecule is CC(C)(C)c1ccnc(-c2cc(C(C)(C)C)ccn2)c1.CCOCC.Cc1ccc(-c2ccc(C)cn2)nc1.F[P-](F)(F)(F)(F)F.F[P-](F)(F)(F)(F)F.[Ru+2].c1ccc(-c2ccccn2)nc1. The Labute approximate surface area is 390 Å². The van der Waals surface area contributed by atoms with Gasteiger partial charge in [0.25, 0.3) is 0 Å². The van der Waals surface area contributed by atoms with Crippen molar-refractivity contribution in [3.05, 3.63) is 144 Å². The molecule has 0 aromatic carbocycles. The molecular weight excluding hydrogens is 1020 g/mol. The van der Waals surface area contributed by atoms with Crippen LogP contribution in [-0.2, 0) is 35.0 Å². The molecule has 368 valence electrons. The fourth-order valence-corrected chi connectivity index (χ4v) is 4.55. The summed E-state index contributed by atoms with van der Waals surface area (Å²) >= 11 is 0. The number of hydrogen-bond donors (Lipinski definition) is 0. The van der Waals surface area contributed by atoms with Gasteiger partial charge in [-0.2, -0.15) is 0 Å². The first-order valence-electron chi connectivity index (χ1n) is 19.5. The zero-order valence-corrected chi connectivity index (χ0v) is 41.4. The zero-order chi connectivity index (χ0) is 50.1. The average Bonchev–Trinajstić information content (AvgIpc) is 3.17. The maximum atomic E-state index is 9.87. The van der Waals surface area contributed by atoms with Gasteiger partial charge < -0.3 is 4.74 Å². The maximum absolute atomic E-state index is 10.7. The molecule has 22 heteroatoms. The Morgan fingerprint density at radius 3 is 0.909 bits per heavy atom. The maximum Gasteiger partial charge on any atom is 2.00 e. The van der Waals surface area contributed by atoms with Gasteiger partial charge in [0.2, 0.25) is 0 Å². The van der Waals surface area contributed by atoms with Crippen molar-refractivity contribution in [1.29, 1.82) is 0 Å². The van der Waals surface area contributed by atoms with Crippen LogP contribution in [0.4, 0.5) is 50.4 Å². The van der Waals surface area contributed by atoms with Gasteiger partial charge in [0.1, 0.15) is 0 Å². The van der Waals surface area contributed by atoms with E-state index in [1.54, 1.807) is 12.4 Å². The number of halogens is 12. The van der Waals surface area contributed by atoms with Crippen LogP contribution in [-0.4, -0.2) is 43.1 Å². The van der Waals surface area contributed by atoms with Crippen LogP contribution >= 0.6 is 15.6 Å². The van der Waals surface area contributed by atoms with E-state index in [1.807, 2.05) is 113 Å². The molecule has 6 rings (SSSR count). The standard InChI is InChI=1S/C18H24N2.C12H12N2.C10H8N2.C4H10O.2F6P.Ru/c1-17(2,3)13-7-9-19-15(11-13)16-12-14(8-10-20-16)18(4,5)6;1-9-3-5-11(13-7-9)12-6-4-10(2)8-14-12;1-3-7-11-9(5-1)10-6-2-4-8-12-10;1-3-5-4-2;2*1-7(2,3,4,5)6;/h7-12H,1-6H3;3-8H,1-2H3;1-8H;3-4H2,1-2H3;;;/q;;;;2*-1;+2. The molecule has 6 aromatic rings. The van der Waals surface area contributed by atoms with Gasteiger partial charge in [0.05, 0.1) is 34.2 Å². The van der Waals surface area contributed by atoms with E-state index in [1.165, 1.54) is 22.3 Å². The summed E-state index contributed by atoms with van der Waals surface area (Å²) in [5.74, 6) is 0. The van der Waals surface area contributed by atoms with Gasteiger partial charge in [-0.3, -0.25) is 29.9 Å². The molecule has 6 heterocycles. The van der Waals surface area contributed by atoms with Crippen molar-refractivity contribution in [2.45, 2.75) is 80.1 Å². The van der Waals surface area contributed by atoms with Crippen molar-refractivity contribution in [1.82, 2.24) is 29.9 Å². The molecule has 0 saturated carbocycles. The first-order valence-corrected chi connectivity index (χ1v) is 23.6. The van der Waals surface area contributed by atoms with Gasteiger partial charge in [-0.05, 0) is 121 Å². The number of aromatic nitrogens is 6. The van der Waals surface area contributed by atoms with Crippen molar-refractivity contribution in [2.75, 3.05) is 13.2 Å². The molecular formula is C44H54F12N6OP2Ru. The fraction of sp³-hybridized carbons (Fsp3) is 0.318. The summed E-state index contributed by atoms with van der Waals surface area (Å²) in [5, 5.41) is 0. The molecule has 6 aromatic heterocycles. The molecule has 0 aliphatic carbocycles. The number of nitrogens with zero attached hydrogens (tertiary/aromatic N) is 6. The Morgan fingerprint density at radius 2 is 0.697 bits per heavy atom. The third kappa shape index (κ3) is 33.9. The second-order valence-electron chi connectivity index (χ2n) is 15.9. The van der Waals surface area contributed by atoms with Crippen molar-refractivity contribution in [3.8, 4) is 34.2 Å². The minimum atomic E-state index is -10.7. The second-order valence-corrected chi connectivity index (χ2v) is 19.8. The Bertz CT molecular complexity index is 2150. The molecule has 0 radical (unpaired) electrons. The number of aryl methyl sites for hydroxylation is 2. The van der Waals surface area contributed by atoms with Crippen LogP contribution in [0.3, 0.4) is 0 Å². The van der Waals surface area contributed by atoms with Gasteiger partial charge in [-0.15, -0.1) is 0 Å². The molecule has 0 spiro atoms. The molecule has 0 saturated heterocycles. The monoisotopic (exact) mass is 1070 g/mol. The molecule has 0 aliphatic heterocycles. The van der Waals surface area contributed by atoms with E-state index < -0.39 is 15.6 Å². The second kappa shape index (κ2) is 23.0. The Hall–Kier alpha value is -4.50. The topological polar surface area (TPSA) is 86.6 Å². The summed E-state index contributed by atoms with van der Waals surface area (Å²) in [6, 6.07) is 28.1. The van der Waals surface area contributed by atoms with Gasteiger partial charge in [-0.1, -0.05) is 65.8 Å². The number of ether oxygens (including phenoxy) is 1. The number of pyridine rings is 6. The first-order chi connectivity index (χ1) is 29.2. The van der Waals surface area contributed by atoms with Crippen molar-refractivity contribution in [3.63, 3.8) is 0 Å². The molecule has 66 heavy (non-hydrogen) atoms. The van der Waals surface area contributed by atoms with Gasteiger partial charge >= 0.3 is 85.5 Å². The molecule has 0 fully saturated rings. The molecule has 0 aliphatic rings. The summed E-state index contributed by atoms with van der Waals surface area (Å²) in [7, 11) is -21.3. The minimum Gasteiger partial charge on any atom is -0.255 e. The summed E-state index contributed by atoms with van der Waals surface area (Å²) in [5.41, 5.74) is 10.7. The quantitative estimate of drug-likeness (QED) is 0.0966. The molecule has 0 bridgehead atoms. The zero-order valence-electron chi connectivity index (χ0n) is 37.8. The van der Waals surface area contributed by atoms with E-state index in [4.69, 9.17) is 4.74 Å². The Balaban J connectivity index is 0.000000816. The summed E-state index contributed by atoms with van der Waals surface area (Å²) in [4.78, 5) is 26.0. The molecule has 7 nitrogen and oxygen atoms in total. The van der Waals surface area contributed by atoms with Crippen LogP contribution in [0.2, 0.25) is 0 Å². The average molecular weight is 1070 g/mol. The normalized spacial score (nSPS) is 13.2. The van der Waals surface area contributed by atoms with Crippen LogP contribution in [0.1, 0.15) is 77.6 Å². The molecule has 0 amide bonds. The van der Waals surface area contributed by atoms with Crippen LogP contribution < -0.4 is 0 Å². The molecule has 0 unspecified atom stereocenters. The summed E-state index contributed by atoms with van der Waals surface area (Å²) in [6.07, 6.45) is 11.0. The van der Waals surface area contributed by atoms with Crippen LogP contribution in [0.5, 0.6) is 0 Å². The Kier molecular flexibility index (Phi) is 21.4. The molecule has 0 atom stereocenters. The van der Waals surface area contributed by atoms with Gasteiger partial charge in [0.15, 0.2) is 0 Å². The smallest absolute Gasteiger partial charge is 0.255 e. The molecule has 0 N–H and O–H groups in total. The van der Waals surface area contributed by atoms with Gasteiger partial charge in [0, 0.05) is 50.4 Å². The summed E-state index contributed by atoms with van der Waals surface area (Å²) in [6.45, 7) is 23.0. The van der Waals surface area contributed by atoms with E-state index >= 15 is 0 Å². The Morgan fingerprint density at radius 1 is 0.409 bits per heavy atom. The minimum absolute atomic E-state index is 0. The first kappa shape index (κ1) is 61.5. The van der Waals surface area contributed by atoms with E-state index in [0.29, 0.717) is 0 Å². The third-order valence-electron chi connectivity index (χ3n) is 7.60. The van der Waals surface area contributed by atoms with Gasteiger partial charge in [-0.25, -0.2) is 0 Å². The van der Waals surface area contributed by atoms with Crippen LogP contribution in [0.15, 0.2) is 122 Å². The van der Waals surface area contributed by atoms with E-state index in [-0.39, 0.29) is 30.3 Å². The van der Waals surface area contributed by atoms with E-state index in [0.717, 1.165) is 47.4 Å².